The van der Waals surface area contributed by atoms with Gasteiger partial charge in [-0.05, 0) is 12.5 Å². The lowest BCUT2D eigenvalue weighted by Gasteiger charge is -1.91. The second kappa shape index (κ2) is 5.05. The Balaban J connectivity index is 2.76. The van der Waals surface area contributed by atoms with Gasteiger partial charge in [0.15, 0.2) is 0 Å². The number of aliphatic imine (C=N–C) groups is 1. The number of hydrogen-bond acceptors (Lipinski definition) is 1. The minimum atomic E-state index is 0.325. The van der Waals surface area contributed by atoms with Crippen LogP contribution < -0.4 is 0 Å². The third-order valence-corrected chi connectivity index (χ3v) is 2.07. The van der Waals surface area contributed by atoms with Gasteiger partial charge in [-0.25, -0.2) is 4.99 Å². The van der Waals surface area contributed by atoms with Crippen molar-refractivity contribution in [3.05, 3.63) is 46.1 Å². The van der Waals surface area contributed by atoms with Gasteiger partial charge in [0, 0.05) is 6.21 Å². The molecule has 0 amide bonds. The van der Waals surface area contributed by atoms with Crippen LogP contribution in [0.5, 0.6) is 0 Å². The van der Waals surface area contributed by atoms with Crippen LogP contribution in [0.2, 0.25) is 0 Å². The van der Waals surface area contributed by atoms with E-state index in [0.29, 0.717) is 10.2 Å². The number of nitrogens with zero attached hydrogens (tertiary/aromatic N) is 1. The predicted molar refractivity (Wildman–Crippen MR) is 58.4 cm³/mol. The second-order valence-electron chi connectivity index (χ2n) is 2.49. The van der Waals surface area contributed by atoms with Gasteiger partial charge >= 0.3 is 0 Å². The monoisotopic (exact) mass is 213 g/mol. The maximum Gasteiger partial charge on any atom is 0.143 e. The SMILES string of the molecule is CC(Cl)=C(Cl)N=Cc1ccccc1. The van der Waals surface area contributed by atoms with Gasteiger partial charge in [-0.15, -0.1) is 0 Å². The predicted octanol–water partition coefficient (Wildman–Crippen LogP) is 3.77. The highest BCUT2D eigenvalue weighted by Gasteiger charge is 1.91. The summed E-state index contributed by atoms with van der Waals surface area (Å²) in [6.07, 6.45) is 1.67. The zero-order valence-electron chi connectivity index (χ0n) is 7.17. The van der Waals surface area contributed by atoms with E-state index in [9.17, 15) is 0 Å². The summed E-state index contributed by atoms with van der Waals surface area (Å²) in [5.41, 5.74) is 0.999. The van der Waals surface area contributed by atoms with Crippen LogP contribution in [0.4, 0.5) is 0 Å². The van der Waals surface area contributed by atoms with Crippen molar-refractivity contribution in [2.75, 3.05) is 0 Å². The smallest absolute Gasteiger partial charge is 0.143 e. The summed E-state index contributed by atoms with van der Waals surface area (Å²) in [6.45, 7) is 1.70. The molecule has 0 bridgehead atoms. The van der Waals surface area contributed by atoms with Crippen LogP contribution in [0.3, 0.4) is 0 Å². The first-order valence-electron chi connectivity index (χ1n) is 3.81. The van der Waals surface area contributed by atoms with E-state index in [1.807, 2.05) is 30.3 Å². The third kappa shape index (κ3) is 3.62. The maximum absolute atomic E-state index is 5.72. The first-order valence-corrected chi connectivity index (χ1v) is 4.57. The Labute approximate surface area is 87.7 Å². The Bertz CT molecular complexity index is 324. The number of allylic oxidation sites excluding steroid dienone is 1. The molecule has 1 aromatic carbocycles. The fraction of sp³-hybridized carbons (Fsp3) is 0.100. The molecule has 0 aliphatic carbocycles. The Morgan fingerprint density at radius 2 is 1.85 bits per heavy atom. The Kier molecular flexibility index (Phi) is 4.00. The molecule has 0 fully saturated rings. The zero-order chi connectivity index (χ0) is 9.68. The van der Waals surface area contributed by atoms with Crippen LogP contribution in [0.25, 0.3) is 0 Å². The van der Waals surface area contributed by atoms with Crippen molar-refractivity contribution in [3.63, 3.8) is 0 Å². The lowest BCUT2D eigenvalue weighted by Crippen LogP contribution is -1.79. The van der Waals surface area contributed by atoms with Gasteiger partial charge in [0.05, 0.1) is 5.03 Å². The highest BCUT2D eigenvalue weighted by Crippen LogP contribution is 2.13. The molecular formula is C10H9Cl2N. The summed E-state index contributed by atoms with van der Waals surface area (Å²) in [5, 5.41) is 0.819. The van der Waals surface area contributed by atoms with Crippen molar-refractivity contribution < 1.29 is 0 Å². The number of rotatable bonds is 2. The topological polar surface area (TPSA) is 12.4 Å². The van der Waals surface area contributed by atoms with Crippen LogP contribution in [0, 0.1) is 0 Å². The summed E-state index contributed by atoms with van der Waals surface area (Å²) in [6, 6.07) is 9.70. The third-order valence-electron chi connectivity index (χ3n) is 1.41. The van der Waals surface area contributed by atoms with E-state index in [0.717, 1.165) is 5.56 Å². The van der Waals surface area contributed by atoms with Crippen LogP contribution in [-0.2, 0) is 0 Å². The van der Waals surface area contributed by atoms with Gasteiger partial charge in [0.2, 0.25) is 0 Å². The maximum atomic E-state index is 5.72. The highest BCUT2D eigenvalue weighted by molar-refractivity contribution is 6.39. The lowest BCUT2D eigenvalue weighted by molar-refractivity contribution is 1.45. The van der Waals surface area contributed by atoms with E-state index in [1.54, 1.807) is 13.1 Å². The van der Waals surface area contributed by atoms with Gasteiger partial charge in [-0.2, -0.15) is 0 Å². The van der Waals surface area contributed by atoms with E-state index in [2.05, 4.69) is 4.99 Å². The molecule has 0 saturated carbocycles. The number of hydrogen-bond donors (Lipinski definition) is 0. The van der Waals surface area contributed by atoms with Crippen LogP contribution in [-0.4, -0.2) is 6.21 Å². The van der Waals surface area contributed by atoms with E-state index < -0.39 is 0 Å². The average Bonchev–Trinajstić information content (AvgIpc) is 2.15. The van der Waals surface area contributed by atoms with Crippen molar-refractivity contribution in [1.82, 2.24) is 0 Å². The van der Waals surface area contributed by atoms with Crippen molar-refractivity contribution in [3.8, 4) is 0 Å². The molecule has 1 rings (SSSR count). The summed E-state index contributed by atoms with van der Waals surface area (Å²) >= 11 is 11.3. The second-order valence-corrected chi connectivity index (χ2v) is 3.42. The normalized spacial score (nSPS) is 13.2. The fourth-order valence-corrected chi connectivity index (χ4v) is 0.857. The first-order chi connectivity index (χ1) is 6.20. The van der Waals surface area contributed by atoms with Crippen molar-refractivity contribution in [1.29, 1.82) is 0 Å². The molecule has 0 aliphatic rings. The molecule has 3 heteroatoms. The van der Waals surface area contributed by atoms with Gasteiger partial charge in [-0.1, -0.05) is 53.5 Å². The molecule has 1 aromatic rings. The standard InChI is InChI=1S/C10H9Cl2N/c1-8(11)10(12)13-7-9-5-3-2-4-6-9/h2-7H,1H3. The lowest BCUT2D eigenvalue weighted by atomic mass is 10.2. The minimum absolute atomic E-state index is 0.325. The Morgan fingerprint density at radius 1 is 1.23 bits per heavy atom. The minimum Gasteiger partial charge on any atom is -0.243 e. The van der Waals surface area contributed by atoms with Gasteiger partial charge < -0.3 is 0 Å². The highest BCUT2D eigenvalue weighted by atomic mass is 35.5. The largest absolute Gasteiger partial charge is 0.243 e. The van der Waals surface area contributed by atoms with E-state index in [-0.39, 0.29) is 0 Å². The molecule has 13 heavy (non-hydrogen) atoms. The van der Waals surface area contributed by atoms with E-state index in [1.165, 1.54) is 0 Å². The van der Waals surface area contributed by atoms with Crippen molar-refractivity contribution in [2.45, 2.75) is 6.92 Å². The zero-order valence-corrected chi connectivity index (χ0v) is 8.68. The van der Waals surface area contributed by atoms with Crippen molar-refractivity contribution in [2.24, 2.45) is 4.99 Å². The van der Waals surface area contributed by atoms with Crippen LogP contribution >= 0.6 is 23.2 Å². The summed E-state index contributed by atoms with van der Waals surface area (Å²) in [5.74, 6) is 0. The Morgan fingerprint density at radius 3 is 2.38 bits per heavy atom. The van der Waals surface area contributed by atoms with Crippen molar-refractivity contribution >= 4 is 29.4 Å². The molecule has 0 radical (unpaired) electrons. The molecule has 0 aliphatic heterocycles. The molecule has 0 atom stereocenters. The molecule has 68 valence electrons. The van der Waals surface area contributed by atoms with Gasteiger partial charge in [0.25, 0.3) is 0 Å². The fourth-order valence-electron chi connectivity index (χ4n) is 0.759. The molecule has 0 heterocycles. The van der Waals surface area contributed by atoms with Gasteiger partial charge in [-0.3, -0.25) is 0 Å². The molecule has 0 N–H and O–H groups in total. The molecule has 1 nitrogen and oxygen atoms in total. The summed E-state index contributed by atoms with van der Waals surface area (Å²) in [4.78, 5) is 3.98. The molecule has 0 saturated heterocycles. The molecule has 0 unspecified atom stereocenters. The molecule has 0 spiro atoms. The van der Waals surface area contributed by atoms with Crippen LogP contribution in [0.1, 0.15) is 12.5 Å². The Hall–Kier alpha value is -0.790. The first kappa shape index (κ1) is 10.3. The van der Waals surface area contributed by atoms with E-state index in [4.69, 9.17) is 23.2 Å². The molecule has 0 aromatic heterocycles. The molecular weight excluding hydrogens is 205 g/mol. The van der Waals surface area contributed by atoms with E-state index >= 15 is 0 Å². The number of benzene rings is 1. The average molecular weight is 214 g/mol. The van der Waals surface area contributed by atoms with Gasteiger partial charge in [0.1, 0.15) is 5.16 Å². The summed E-state index contributed by atoms with van der Waals surface area (Å²) in [7, 11) is 0. The van der Waals surface area contributed by atoms with Crippen LogP contribution in [0.15, 0.2) is 45.5 Å². The number of halogens is 2. The summed E-state index contributed by atoms with van der Waals surface area (Å²) < 4.78 is 0. The quantitative estimate of drug-likeness (QED) is 0.524.